The van der Waals surface area contributed by atoms with E-state index in [-0.39, 0.29) is 0 Å². The Labute approximate surface area is 72.4 Å². The molecule has 0 aliphatic carbocycles. The molecule has 0 saturated carbocycles. The second kappa shape index (κ2) is 3.75. The van der Waals surface area contributed by atoms with Crippen LogP contribution in [0.5, 0.6) is 0 Å². The van der Waals surface area contributed by atoms with Gasteiger partial charge in [0.05, 0.1) is 9.86 Å². The lowest BCUT2D eigenvalue weighted by atomic mass is 10.2. The van der Waals surface area contributed by atoms with Crippen LogP contribution in [0.3, 0.4) is 0 Å². The third-order valence-electron chi connectivity index (χ3n) is 1.20. The predicted molar refractivity (Wildman–Crippen MR) is 46.0 cm³/mol. The maximum atomic E-state index is 8.29. The van der Waals surface area contributed by atoms with Crippen LogP contribution in [-0.2, 0) is 6.42 Å². The molecule has 1 nitrogen and oxygen atoms in total. The van der Waals surface area contributed by atoms with E-state index in [1.54, 1.807) is 11.3 Å². The third kappa shape index (κ3) is 1.83. The SMILES string of the molecule is N#CCCc1ccsc1Br. The fourth-order valence-electron chi connectivity index (χ4n) is 0.689. The lowest BCUT2D eigenvalue weighted by Gasteiger charge is -1.89. The van der Waals surface area contributed by atoms with Gasteiger partial charge < -0.3 is 0 Å². The van der Waals surface area contributed by atoms with Gasteiger partial charge in [-0.25, -0.2) is 0 Å². The third-order valence-corrected chi connectivity index (χ3v) is 3.01. The van der Waals surface area contributed by atoms with Crippen molar-refractivity contribution in [3.8, 4) is 6.07 Å². The summed E-state index contributed by atoms with van der Waals surface area (Å²) < 4.78 is 1.16. The van der Waals surface area contributed by atoms with Gasteiger partial charge in [-0.2, -0.15) is 5.26 Å². The van der Waals surface area contributed by atoms with Crippen molar-refractivity contribution in [2.24, 2.45) is 0 Å². The van der Waals surface area contributed by atoms with Gasteiger partial charge in [-0.05, 0) is 39.4 Å². The molecule has 1 aromatic rings. The molecule has 0 unspecified atom stereocenters. The maximum Gasteiger partial charge on any atom is 0.0730 e. The first-order valence-electron chi connectivity index (χ1n) is 2.93. The van der Waals surface area contributed by atoms with E-state index < -0.39 is 0 Å². The molecule has 0 radical (unpaired) electrons. The quantitative estimate of drug-likeness (QED) is 0.745. The van der Waals surface area contributed by atoms with Crippen LogP contribution in [0.25, 0.3) is 0 Å². The molecule has 1 heterocycles. The van der Waals surface area contributed by atoms with E-state index >= 15 is 0 Å². The zero-order valence-corrected chi connectivity index (χ0v) is 7.70. The van der Waals surface area contributed by atoms with E-state index in [2.05, 4.69) is 22.0 Å². The standard InChI is InChI=1S/C7H6BrNS/c8-7-6(2-1-4-9)3-5-10-7/h3,5H,1-2H2. The Balaban J connectivity index is 2.59. The first-order chi connectivity index (χ1) is 4.84. The van der Waals surface area contributed by atoms with E-state index in [0.717, 1.165) is 10.2 Å². The van der Waals surface area contributed by atoms with E-state index in [9.17, 15) is 0 Å². The number of nitriles is 1. The van der Waals surface area contributed by atoms with E-state index in [1.165, 1.54) is 5.56 Å². The maximum absolute atomic E-state index is 8.29. The highest BCUT2D eigenvalue weighted by molar-refractivity contribution is 9.11. The summed E-state index contributed by atoms with van der Waals surface area (Å²) in [4.78, 5) is 0. The summed E-state index contributed by atoms with van der Waals surface area (Å²) in [7, 11) is 0. The first kappa shape index (κ1) is 7.77. The molecule has 0 atom stereocenters. The van der Waals surface area contributed by atoms with E-state index in [1.807, 2.05) is 11.4 Å². The van der Waals surface area contributed by atoms with Crippen LogP contribution in [-0.4, -0.2) is 0 Å². The Morgan fingerprint density at radius 3 is 3.00 bits per heavy atom. The van der Waals surface area contributed by atoms with Gasteiger partial charge in [-0.15, -0.1) is 11.3 Å². The molecule has 0 aromatic carbocycles. The van der Waals surface area contributed by atoms with Crippen molar-refractivity contribution in [1.29, 1.82) is 5.26 Å². The number of hydrogen-bond donors (Lipinski definition) is 0. The van der Waals surface area contributed by atoms with Crippen molar-refractivity contribution < 1.29 is 0 Å². The fourth-order valence-corrected chi connectivity index (χ4v) is 2.02. The van der Waals surface area contributed by atoms with Gasteiger partial charge in [0.15, 0.2) is 0 Å². The summed E-state index contributed by atoms with van der Waals surface area (Å²) in [6.45, 7) is 0. The van der Waals surface area contributed by atoms with Crippen molar-refractivity contribution in [2.75, 3.05) is 0 Å². The second-order valence-electron chi connectivity index (χ2n) is 1.88. The molecule has 0 spiro atoms. The molecule has 0 saturated heterocycles. The minimum absolute atomic E-state index is 0.606. The minimum atomic E-state index is 0.606. The highest BCUT2D eigenvalue weighted by atomic mass is 79.9. The number of halogens is 1. The molecule has 0 amide bonds. The van der Waals surface area contributed by atoms with Gasteiger partial charge in [0, 0.05) is 6.42 Å². The highest BCUT2D eigenvalue weighted by Crippen LogP contribution is 2.24. The van der Waals surface area contributed by atoms with Crippen LogP contribution >= 0.6 is 27.3 Å². The fraction of sp³-hybridized carbons (Fsp3) is 0.286. The van der Waals surface area contributed by atoms with Crippen molar-refractivity contribution in [2.45, 2.75) is 12.8 Å². The number of hydrogen-bond acceptors (Lipinski definition) is 2. The Morgan fingerprint density at radius 2 is 2.50 bits per heavy atom. The zero-order valence-electron chi connectivity index (χ0n) is 5.30. The van der Waals surface area contributed by atoms with Crippen LogP contribution in [0, 0.1) is 11.3 Å². The van der Waals surface area contributed by atoms with Gasteiger partial charge in [0.25, 0.3) is 0 Å². The molecule has 1 aromatic heterocycles. The zero-order chi connectivity index (χ0) is 7.40. The van der Waals surface area contributed by atoms with Crippen LogP contribution in [0.1, 0.15) is 12.0 Å². The number of aryl methyl sites for hydroxylation is 1. The second-order valence-corrected chi connectivity index (χ2v) is 4.11. The van der Waals surface area contributed by atoms with Gasteiger partial charge in [0.2, 0.25) is 0 Å². The van der Waals surface area contributed by atoms with Crippen LogP contribution < -0.4 is 0 Å². The summed E-state index contributed by atoms with van der Waals surface area (Å²) in [5.74, 6) is 0. The summed E-state index contributed by atoms with van der Waals surface area (Å²) in [5, 5.41) is 10.3. The topological polar surface area (TPSA) is 23.8 Å². The first-order valence-corrected chi connectivity index (χ1v) is 4.60. The number of nitrogens with zero attached hydrogens (tertiary/aromatic N) is 1. The van der Waals surface area contributed by atoms with Crippen molar-refractivity contribution in [1.82, 2.24) is 0 Å². The lowest BCUT2D eigenvalue weighted by molar-refractivity contribution is 1.01. The van der Waals surface area contributed by atoms with E-state index in [4.69, 9.17) is 5.26 Å². The largest absolute Gasteiger partial charge is 0.198 e. The van der Waals surface area contributed by atoms with Crippen LogP contribution in [0.15, 0.2) is 15.2 Å². The van der Waals surface area contributed by atoms with Crippen molar-refractivity contribution >= 4 is 27.3 Å². The summed E-state index contributed by atoms with van der Waals surface area (Å²) in [6, 6.07) is 4.16. The summed E-state index contributed by atoms with van der Waals surface area (Å²) in [5.41, 5.74) is 1.24. The van der Waals surface area contributed by atoms with E-state index in [0.29, 0.717) is 6.42 Å². The van der Waals surface area contributed by atoms with Gasteiger partial charge in [-0.3, -0.25) is 0 Å². The molecule has 52 valence electrons. The van der Waals surface area contributed by atoms with Crippen molar-refractivity contribution in [3.05, 3.63) is 20.8 Å². The minimum Gasteiger partial charge on any atom is -0.198 e. The van der Waals surface area contributed by atoms with Crippen LogP contribution in [0.2, 0.25) is 0 Å². The number of rotatable bonds is 2. The molecule has 10 heavy (non-hydrogen) atoms. The van der Waals surface area contributed by atoms with Crippen molar-refractivity contribution in [3.63, 3.8) is 0 Å². The Kier molecular flexibility index (Phi) is 2.91. The molecular formula is C7H6BrNS. The molecule has 0 fully saturated rings. The van der Waals surface area contributed by atoms with Gasteiger partial charge in [0.1, 0.15) is 0 Å². The molecular weight excluding hydrogens is 210 g/mol. The summed E-state index contributed by atoms with van der Waals surface area (Å²) >= 11 is 5.07. The Hall–Kier alpha value is -0.330. The number of thiophene rings is 1. The highest BCUT2D eigenvalue weighted by Gasteiger charge is 1.98. The average molecular weight is 216 g/mol. The molecule has 0 aliphatic rings. The predicted octanol–water partition coefficient (Wildman–Crippen LogP) is 2.97. The molecule has 0 aliphatic heterocycles. The van der Waals surface area contributed by atoms with Gasteiger partial charge in [-0.1, -0.05) is 0 Å². The lowest BCUT2D eigenvalue weighted by Crippen LogP contribution is -1.78. The van der Waals surface area contributed by atoms with Crippen LogP contribution in [0.4, 0.5) is 0 Å². The Bertz CT molecular complexity index is 248. The monoisotopic (exact) mass is 215 g/mol. The average Bonchev–Trinajstić information content (AvgIpc) is 2.31. The Morgan fingerprint density at radius 1 is 1.70 bits per heavy atom. The normalized spacial score (nSPS) is 9.20. The molecule has 0 bridgehead atoms. The molecule has 3 heteroatoms. The molecule has 0 N–H and O–H groups in total. The molecule has 1 rings (SSSR count). The smallest absolute Gasteiger partial charge is 0.0730 e. The summed E-state index contributed by atoms with van der Waals surface area (Å²) in [6.07, 6.45) is 1.47. The van der Waals surface area contributed by atoms with Gasteiger partial charge >= 0.3 is 0 Å².